The van der Waals surface area contributed by atoms with E-state index in [0.717, 1.165) is 5.56 Å². The number of hydrogen-bond acceptors (Lipinski definition) is 4. The van der Waals surface area contributed by atoms with Crippen molar-refractivity contribution in [3.8, 4) is 0 Å². The van der Waals surface area contributed by atoms with Gasteiger partial charge in [0.2, 0.25) is 10.0 Å². The van der Waals surface area contributed by atoms with Crippen molar-refractivity contribution >= 4 is 27.2 Å². The molecule has 100 valence electrons. The standard InChI is InChI=1S/C11H17N3O2S2/c1-3-10(11(12)17)18(15,16)14(2)8-9-5-4-6-13-7-9/h4-7,10H,3,8H2,1-2H3,(H2,12,17). The number of aromatic nitrogens is 1. The largest absolute Gasteiger partial charge is 0.392 e. The Hall–Kier alpha value is -1.05. The summed E-state index contributed by atoms with van der Waals surface area (Å²) in [5, 5.41) is -0.811. The second-order valence-electron chi connectivity index (χ2n) is 3.96. The predicted molar refractivity (Wildman–Crippen MR) is 75.5 cm³/mol. The summed E-state index contributed by atoms with van der Waals surface area (Å²) >= 11 is 4.81. The maximum atomic E-state index is 12.2. The van der Waals surface area contributed by atoms with Crippen LogP contribution in [0.1, 0.15) is 18.9 Å². The van der Waals surface area contributed by atoms with Crippen molar-refractivity contribution in [2.75, 3.05) is 7.05 Å². The number of nitrogens with zero attached hydrogens (tertiary/aromatic N) is 2. The van der Waals surface area contributed by atoms with Crippen LogP contribution in [0, 0.1) is 0 Å². The van der Waals surface area contributed by atoms with E-state index in [2.05, 4.69) is 4.98 Å². The van der Waals surface area contributed by atoms with Crippen LogP contribution in [0.4, 0.5) is 0 Å². The maximum Gasteiger partial charge on any atom is 0.223 e. The van der Waals surface area contributed by atoms with E-state index in [0.29, 0.717) is 6.42 Å². The number of sulfonamides is 1. The van der Waals surface area contributed by atoms with Crippen molar-refractivity contribution in [2.24, 2.45) is 5.73 Å². The Morgan fingerprint density at radius 2 is 2.28 bits per heavy atom. The molecular formula is C11H17N3O2S2. The summed E-state index contributed by atoms with van der Waals surface area (Å²) in [6, 6.07) is 3.58. The number of hydrogen-bond donors (Lipinski definition) is 1. The molecular weight excluding hydrogens is 270 g/mol. The summed E-state index contributed by atoms with van der Waals surface area (Å²) in [6.45, 7) is 2.01. The Morgan fingerprint density at radius 1 is 1.61 bits per heavy atom. The molecule has 1 heterocycles. The average molecular weight is 287 g/mol. The fraction of sp³-hybridized carbons (Fsp3) is 0.455. The number of thiocarbonyl (C=S) groups is 1. The van der Waals surface area contributed by atoms with Crippen LogP contribution in [0.25, 0.3) is 0 Å². The van der Waals surface area contributed by atoms with Crippen LogP contribution in [-0.4, -0.2) is 35.0 Å². The molecule has 2 N–H and O–H groups in total. The van der Waals surface area contributed by atoms with Crippen molar-refractivity contribution in [3.05, 3.63) is 30.1 Å². The molecule has 0 saturated heterocycles. The Kier molecular flexibility index (Phi) is 5.18. The van der Waals surface area contributed by atoms with Crippen molar-refractivity contribution in [2.45, 2.75) is 25.1 Å². The minimum absolute atomic E-state index is 0.00976. The summed E-state index contributed by atoms with van der Waals surface area (Å²) in [5.41, 5.74) is 6.30. The van der Waals surface area contributed by atoms with E-state index in [-0.39, 0.29) is 11.5 Å². The molecule has 0 aromatic carbocycles. The SMILES string of the molecule is CCC(C(N)=S)S(=O)(=O)N(C)Cc1cccnc1. The van der Waals surface area contributed by atoms with Gasteiger partial charge in [-0.05, 0) is 18.1 Å². The van der Waals surface area contributed by atoms with E-state index in [4.69, 9.17) is 18.0 Å². The van der Waals surface area contributed by atoms with Gasteiger partial charge in [0.05, 0.1) is 4.99 Å². The van der Waals surface area contributed by atoms with E-state index in [1.165, 1.54) is 11.4 Å². The van der Waals surface area contributed by atoms with Crippen molar-refractivity contribution < 1.29 is 8.42 Å². The monoisotopic (exact) mass is 287 g/mol. The fourth-order valence-corrected chi connectivity index (χ4v) is 3.62. The van der Waals surface area contributed by atoms with Crippen LogP contribution < -0.4 is 5.73 Å². The number of nitrogens with two attached hydrogens (primary N) is 1. The van der Waals surface area contributed by atoms with Gasteiger partial charge in [-0.2, -0.15) is 4.31 Å². The first kappa shape index (κ1) is 15.0. The van der Waals surface area contributed by atoms with Gasteiger partial charge in [-0.15, -0.1) is 0 Å². The Balaban J connectivity index is 2.89. The predicted octanol–water partition coefficient (Wildman–Crippen LogP) is 0.908. The second-order valence-corrected chi connectivity index (χ2v) is 6.66. The summed E-state index contributed by atoms with van der Waals surface area (Å²) in [6.07, 6.45) is 3.64. The Morgan fingerprint density at radius 3 is 2.72 bits per heavy atom. The number of pyridine rings is 1. The van der Waals surface area contributed by atoms with E-state index >= 15 is 0 Å². The smallest absolute Gasteiger partial charge is 0.223 e. The molecule has 0 aliphatic carbocycles. The molecule has 18 heavy (non-hydrogen) atoms. The molecule has 0 spiro atoms. The third-order valence-electron chi connectivity index (χ3n) is 2.61. The van der Waals surface area contributed by atoms with E-state index in [9.17, 15) is 8.42 Å². The van der Waals surface area contributed by atoms with Gasteiger partial charge >= 0.3 is 0 Å². The minimum Gasteiger partial charge on any atom is -0.392 e. The van der Waals surface area contributed by atoms with Gasteiger partial charge in [0, 0.05) is 26.0 Å². The van der Waals surface area contributed by atoms with Crippen LogP contribution in [0.15, 0.2) is 24.5 Å². The quantitative estimate of drug-likeness (QED) is 0.787. The van der Waals surface area contributed by atoms with Crippen LogP contribution in [0.5, 0.6) is 0 Å². The molecule has 0 amide bonds. The van der Waals surface area contributed by atoms with Crippen molar-refractivity contribution in [3.63, 3.8) is 0 Å². The second kappa shape index (κ2) is 6.21. The molecule has 1 atom stereocenters. The Bertz CT molecular complexity index is 502. The van der Waals surface area contributed by atoms with Crippen LogP contribution in [-0.2, 0) is 16.6 Å². The van der Waals surface area contributed by atoms with Crippen molar-refractivity contribution in [1.29, 1.82) is 0 Å². The first-order valence-electron chi connectivity index (χ1n) is 5.53. The summed E-state index contributed by atoms with van der Waals surface area (Å²) in [7, 11) is -1.99. The highest BCUT2D eigenvalue weighted by Gasteiger charge is 2.30. The first-order valence-corrected chi connectivity index (χ1v) is 7.44. The minimum atomic E-state index is -3.51. The maximum absolute atomic E-state index is 12.2. The molecule has 0 aliphatic rings. The molecule has 1 aromatic heterocycles. The Labute approximate surface area is 113 Å². The molecule has 7 heteroatoms. The number of rotatable bonds is 6. The highest BCUT2D eigenvalue weighted by molar-refractivity contribution is 7.92. The van der Waals surface area contributed by atoms with Crippen LogP contribution in [0.3, 0.4) is 0 Å². The van der Waals surface area contributed by atoms with Crippen LogP contribution in [0.2, 0.25) is 0 Å². The molecule has 0 bridgehead atoms. The normalized spacial score (nSPS) is 13.5. The van der Waals surface area contributed by atoms with Gasteiger partial charge in [0.25, 0.3) is 0 Å². The van der Waals surface area contributed by atoms with Gasteiger partial charge in [-0.3, -0.25) is 4.98 Å². The van der Waals surface area contributed by atoms with E-state index < -0.39 is 15.3 Å². The third-order valence-corrected chi connectivity index (χ3v) is 5.35. The van der Waals surface area contributed by atoms with Gasteiger partial charge < -0.3 is 5.73 Å². The molecule has 1 rings (SSSR count). The lowest BCUT2D eigenvalue weighted by atomic mass is 10.3. The topological polar surface area (TPSA) is 76.3 Å². The zero-order valence-corrected chi connectivity index (χ0v) is 12.0. The van der Waals surface area contributed by atoms with Gasteiger partial charge in [-0.1, -0.05) is 25.2 Å². The lowest BCUT2D eigenvalue weighted by molar-refractivity contribution is 0.461. The van der Waals surface area contributed by atoms with Gasteiger partial charge in [-0.25, -0.2) is 8.42 Å². The lowest BCUT2D eigenvalue weighted by Gasteiger charge is -2.22. The van der Waals surface area contributed by atoms with Crippen LogP contribution >= 0.6 is 12.2 Å². The fourth-order valence-electron chi connectivity index (χ4n) is 1.61. The summed E-state index contributed by atoms with van der Waals surface area (Å²) in [5.74, 6) is 0. The molecule has 0 radical (unpaired) electrons. The molecule has 0 aliphatic heterocycles. The van der Waals surface area contributed by atoms with Gasteiger partial charge in [0.1, 0.15) is 5.25 Å². The molecule has 1 aromatic rings. The molecule has 0 fully saturated rings. The highest BCUT2D eigenvalue weighted by atomic mass is 32.2. The zero-order valence-electron chi connectivity index (χ0n) is 10.4. The van der Waals surface area contributed by atoms with Gasteiger partial charge in [0.15, 0.2) is 0 Å². The molecule has 1 unspecified atom stereocenters. The third kappa shape index (κ3) is 3.47. The van der Waals surface area contributed by atoms with Crippen molar-refractivity contribution in [1.82, 2.24) is 9.29 Å². The van der Waals surface area contributed by atoms with E-state index in [1.807, 2.05) is 6.07 Å². The summed E-state index contributed by atoms with van der Waals surface area (Å²) in [4.78, 5) is 3.96. The lowest BCUT2D eigenvalue weighted by Crippen LogP contribution is -2.42. The first-order chi connectivity index (χ1) is 8.39. The zero-order chi connectivity index (χ0) is 13.8. The summed E-state index contributed by atoms with van der Waals surface area (Å²) < 4.78 is 25.8. The molecule has 5 nitrogen and oxygen atoms in total. The highest BCUT2D eigenvalue weighted by Crippen LogP contribution is 2.14. The van der Waals surface area contributed by atoms with E-state index in [1.54, 1.807) is 25.4 Å². The molecule has 0 saturated carbocycles. The average Bonchev–Trinajstić information content (AvgIpc) is 2.30.